The van der Waals surface area contributed by atoms with Gasteiger partial charge in [-0.2, -0.15) is 5.10 Å². The van der Waals surface area contributed by atoms with Crippen LogP contribution in [0.15, 0.2) is 6.07 Å². The van der Waals surface area contributed by atoms with Crippen LogP contribution in [-0.4, -0.2) is 40.7 Å². The maximum atomic E-state index is 12.1. The standard InChI is InChI=1S/C16H27BN2O4/c1-14(2,3)10-21-13(20)11-9-12(19(8)18-11)17-22-15(4,5)16(6,7)23-17/h9H,10H2,1-8H3. The molecule has 128 valence electrons. The smallest absolute Gasteiger partial charge is 0.460 e. The van der Waals surface area contributed by atoms with Crippen LogP contribution in [0.25, 0.3) is 0 Å². The number of hydrogen-bond donors (Lipinski definition) is 0. The molecule has 23 heavy (non-hydrogen) atoms. The van der Waals surface area contributed by atoms with E-state index in [0.717, 1.165) is 0 Å². The summed E-state index contributed by atoms with van der Waals surface area (Å²) in [4.78, 5) is 12.1. The van der Waals surface area contributed by atoms with E-state index in [2.05, 4.69) is 5.10 Å². The van der Waals surface area contributed by atoms with Crippen LogP contribution >= 0.6 is 0 Å². The molecule has 1 saturated heterocycles. The first-order valence-corrected chi connectivity index (χ1v) is 7.89. The molecule has 2 heterocycles. The summed E-state index contributed by atoms with van der Waals surface area (Å²) in [5.74, 6) is -0.432. The van der Waals surface area contributed by atoms with Crippen LogP contribution in [0.5, 0.6) is 0 Å². The lowest BCUT2D eigenvalue weighted by Crippen LogP contribution is -2.41. The van der Waals surface area contributed by atoms with Crippen LogP contribution < -0.4 is 5.59 Å². The molecule has 0 amide bonds. The molecule has 0 spiro atoms. The Labute approximate surface area is 138 Å². The second-order valence-corrected chi connectivity index (χ2v) is 8.30. The Hall–Kier alpha value is -1.34. The number of carbonyl (C=O) groups excluding carboxylic acids is 1. The maximum Gasteiger partial charge on any atom is 0.514 e. The molecule has 0 radical (unpaired) electrons. The number of aromatic nitrogens is 2. The number of hydrogen-bond acceptors (Lipinski definition) is 5. The third-order valence-electron chi connectivity index (χ3n) is 4.26. The quantitative estimate of drug-likeness (QED) is 0.628. The number of esters is 1. The van der Waals surface area contributed by atoms with Gasteiger partial charge in [-0.25, -0.2) is 4.79 Å². The number of aryl methyl sites for hydroxylation is 1. The molecule has 1 aromatic heterocycles. The third kappa shape index (κ3) is 3.78. The van der Waals surface area contributed by atoms with Gasteiger partial charge >= 0.3 is 13.1 Å². The van der Waals surface area contributed by atoms with E-state index in [4.69, 9.17) is 14.0 Å². The van der Waals surface area contributed by atoms with Crippen molar-refractivity contribution >= 4 is 18.7 Å². The van der Waals surface area contributed by atoms with Crippen molar-refractivity contribution in [1.82, 2.24) is 9.78 Å². The van der Waals surface area contributed by atoms with Crippen molar-refractivity contribution in [2.75, 3.05) is 6.61 Å². The topological polar surface area (TPSA) is 62.6 Å². The average molecular weight is 322 g/mol. The van der Waals surface area contributed by atoms with Gasteiger partial charge in [-0.05, 0) is 39.2 Å². The second-order valence-electron chi connectivity index (χ2n) is 8.30. The van der Waals surface area contributed by atoms with Crippen molar-refractivity contribution in [3.63, 3.8) is 0 Å². The van der Waals surface area contributed by atoms with Crippen LogP contribution in [0.2, 0.25) is 0 Å². The minimum atomic E-state index is -0.554. The maximum absolute atomic E-state index is 12.1. The molecule has 0 unspecified atom stereocenters. The molecule has 0 aliphatic carbocycles. The van der Waals surface area contributed by atoms with Gasteiger partial charge in [0, 0.05) is 7.05 Å². The van der Waals surface area contributed by atoms with E-state index in [-0.39, 0.29) is 11.1 Å². The lowest BCUT2D eigenvalue weighted by Gasteiger charge is -2.32. The Morgan fingerprint density at radius 3 is 2.26 bits per heavy atom. The molecule has 6 nitrogen and oxygen atoms in total. The SMILES string of the molecule is Cn1nc(C(=O)OCC(C)(C)C)cc1B1OC(C)(C)C(C)(C)O1. The van der Waals surface area contributed by atoms with Gasteiger partial charge in [0.25, 0.3) is 0 Å². The summed E-state index contributed by atoms with van der Waals surface area (Å²) in [7, 11) is 1.21. The molecule has 0 saturated carbocycles. The van der Waals surface area contributed by atoms with E-state index in [1.807, 2.05) is 48.5 Å². The monoisotopic (exact) mass is 322 g/mol. The van der Waals surface area contributed by atoms with Gasteiger partial charge in [0.05, 0.1) is 23.4 Å². The first-order valence-electron chi connectivity index (χ1n) is 7.89. The molecule has 0 bridgehead atoms. The highest BCUT2D eigenvalue weighted by Crippen LogP contribution is 2.36. The highest BCUT2D eigenvalue weighted by atomic mass is 16.7. The van der Waals surface area contributed by atoms with Crippen molar-refractivity contribution in [2.45, 2.75) is 59.7 Å². The zero-order valence-electron chi connectivity index (χ0n) is 15.4. The summed E-state index contributed by atoms with van der Waals surface area (Å²) < 4.78 is 18.9. The summed E-state index contributed by atoms with van der Waals surface area (Å²) in [6, 6.07) is 1.67. The van der Waals surface area contributed by atoms with Crippen LogP contribution in [-0.2, 0) is 21.1 Å². The second kappa shape index (κ2) is 5.63. The van der Waals surface area contributed by atoms with Crippen LogP contribution in [0.1, 0.15) is 59.0 Å². The van der Waals surface area contributed by atoms with E-state index in [0.29, 0.717) is 12.2 Å². The summed E-state index contributed by atoms with van der Waals surface area (Å²) in [5.41, 5.74) is 0.00990. The van der Waals surface area contributed by atoms with Gasteiger partial charge in [-0.1, -0.05) is 20.8 Å². The van der Waals surface area contributed by atoms with Gasteiger partial charge in [0.1, 0.15) is 0 Å². The highest BCUT2D eigenvalue weighted by Gasteiger charge is 2.52. The molecule has 0 N–H and O–H groups in total. The lowest BCUT2D eigenvalue weighted by molar-refractivity contribution is 0.00578. The summed E-state index contributed by atoms with van der Waals surface area (Å²) in [6.45, 7) is 14.3. The molecule has 0 aromatic carbocycles. The van der Waals surface area contributed by atoms with Crippen molar-refractivity contribution in [1.29, 1.82) is 0 Å². The summed E-state index contributed by atoms with van der Waals surface area (Å²) in [6.07, 6.45) is 0. The molecule has 1 aliphatic rings. The fraction of sp³-hybridized carbons (Fsp3) is 0.750. The van der Waals surface area contributed by atoms with E-state index in [1.165, 1.54) is 0 Å². The van der Waals surface area contributed by atoms with Crippen molar-refractivity contribution in [2.24, 2.45) is 12.5 Å². The minimum absolute atomic E-state index is 0.0843. The van der Waals surface area contributed by atoms with Gasteiger partial charge < -0.3 is 14.0 Å². The van der Waals surface area contributed by atoms with E-state index in [9.17, 15) is 4.79 Å². The van der Waals surface area contributed by atoms with Gasteiger partial charge in [0.15, 0.2) is 5.69 Å². The average Bonchev–Trinajstić information content (AvgIpc) is 2.84. The molecular formula is C16H27BN2O4. The highest BCUT2D eigenvalue weighted by molar-refractivity contribution is 6.61. The first kappa shape index (κ1) is 18.0. The van der Waals surface area contributed by atoms with Crippen LogP contribution in [0.4, 0.5) is 0 Å². The molecule has 1 aromatic rings. The molecule has 1 fully saturated rings. The fourth-order valence-electron chi connectivity index (χ4n) is 2.12. The Morgan fingerprint density at radius 2 is 1.78 bits per heavy atom. The fourth-order valence-corrected chi connectivity index (χ4v) is 2.12. The predicted molar refractivity (Wildman–Crippen MR) is 88.7 cm³/mol. The van der Waals surface area contributed by atoms with Crippen LogP contribution in [0.3, 0.4) is 0 Å². The third-order valence-corrected chi connectivity index (χ3v) is 4.26. The minimum Gasteiger partial charge on any atom is -0.460 e. The Morgan fingerprint density at radius 1 is 1.26 bits per heavy atom. The number of nitrogens with zero attached hydrogens (tertiary/aromatic N) is 2. The van der Waals surface area contributed by atoms with Gasteiger partial charge in [0.2, 0.25) is 0 Å². The normalized spacial score (nSPS) is 19.9. The summed E-state index contributed by atoms with van der Waals surface area (Å²) in [5, 5.41) is 4.23. The van der Waals surface area contributed by atoms with Crippen molar-refractivity contribution in [3.05, 3.63) is 11.8 Å². The molecule has 7 heteroatoms. The first-order chi connectivity index (χ1) is 10.3. The summed E-state index contributed by atoms with van der Waals surface area (Å²) >= 11 is 0. The zero-order valence-corrected chi connectivity index (χ0v) is 15.4. The lowest BCUT2D eigenvalue weighted by atomic mass is 9.84. The van der Waals surface area contributed by atoms with Gasteiger partial charge in [-0.15, -0.1) is 0 Å². The zero-order chi connectivity index (χ0) is 17.6. The van der Waals surface area contributed by atoms with Crippen molar-refractivity contribution < 1.29 is 18.8 Å². The largest absolute Gasteiger partial charge is 0.514 e. The Kier molecular flexibility index (Phi) is 4.41. The molecule has 1 aliphatic heterocycles. The van der Waals surface area contributed by atoms with Gasteiger partial charge in [-0.3, -0.25) is 4.68 Å². The Balaban J connectivity index is 2.15. The molecule has 0 atom stereocenters. The van der Waals surface area contributed by atoms with E-state index in [1.54, 1.807) is 17.8 Å². The van der Waals surface area contributed by atoms with Crippen molar-refractivity contribution in [3.8, 4) is 0 Å². The predicted octanol–water partition coefficient (Wildman–Crippen LogP) is 1.92. The Bertz CT molecular complexity index is 586. The van der Waals surface area contributed by atoms with E-state index >= 15 is 0 Å². The number of rotatable bonds is 3. The number of ether oxygens (including phenoxy) is 1. The van der Waals surface area contributed by atoms with E-state index < -0.39 is 24.3 Å². The van der Waals surface area contributed by atoms with Crippen LogP contribution in [0, 0.1) is 5.41 Å². The number of carbonyl (C=O) groups is 1. The molecular weight excluding hydrogens is 295 g/mol. The molecule has 2 rings (SSSR count).